The van der Waals surface area contributed by atoms with Crippen molar-refractivity contribution < 1.29 is 13.2 Å². The van der Waals surface area contributed by atoms with Gasteiger partial charge in [-0.25, -0.2) is 13.2 Å². The van der Waals surface area contributed by atoms with Crippen LogP contribution in [0, 0.1) is 18.6 Å². The molecule has 1 fully saturated rings. The Morgan fingerprint density at radius 1 is 1.15 bits per heavy atom. The van der Waals surface area contributed by atoms with Crippen LogP contribution in [0.25, 0.3) is 22.2 Å². The second-order valence-corrected chi connectivity index (χ2v) is 7.00. The summed E-state index contributed by atoms with van der Waals surface area (Å²) in [5.74, 6) is -1.62. The van der Waals surface area contributed by atoms with Crippen LogP contribution in [0.3, 0.4) is 0 Å². The predicted octanol–water partition coefficient (Wildman–Crippen LogP) is 4.72. The molecule has 3 aromatic rings. The van der Waals surface area contributed by atoms with Gasteiger partial charge in [-0.05, 0) is 43.5 Å². The Labute approximate surface area is 154 Å². The standard InChI is InChI=1S/C21H19F3N2O/c1-12-20(25-18-10-15(23)9-17(24)19(18)21(12)27)13-4-6-16(7-5-13)26-8-2-3-14(22)11-26/h4-7,9-10,14H,2-3,8,11H2,1H3,(H,25,27). The van der Waals surface area contributed by atoms with E-state index in [9.17, 15) is 18.0 Å². The minimum atomic E-state index is -0.873. The summed E-state index contributed by atoms with van der Waals surface area (Å²) in [6, 6.07) is 9.24. The van der Waals surface area contributed by atoms with Crippen molar-refractivity contribution in [2.24, 2.45) is 0 Å². The fourth-order valence-electron chi connectivity index (χ4n) is 3.72. The van der Waals surface area contributed by atoms with E-state index in [0.29, 0.717) is 30.3 Å². The Morgan fingerprint density at radius 2 is 1.89 bits per heavy atom. The minimum absolute atomic E-state index is 0.124. The Hall–Kier alpha value is -2.76. The number of rotatable bonds is 2. The molecule has 0 bridgehead atoms. The number of fused-ring (bicyclic) bond motifs is 1. The number of hydrogen-bond donors (Lipinski definition) is 1. The number of aromatic nitrogens is 1. The lowest BCUT2D eigenvalue weighted by Gasteiger charge is -2.31. The number of alkyl halides is 1. The average molecular weight is 372 g/mol. The van der Waals surface area contributed by atoms with Gasteiger partial charge in [-0.1, -0.05) is 12.1 Å². The van der Waals surface area contributed by atoms with E-state index in [2.05, 4.69) is 4.98 Å². The molecule has 0 radical (unpaired) electrons. The lowest BCUT2D eigenvalue weighted by atomic mass is 10.0. The predicted molar refractivity (Wildman–Crippen MR) is 101 cm³/mol. The molecular formula is C21H19F3N2O. The van der Waals surface area contributed by atoms with Crippen LogP contribution in [-0.4, -0.2) is 24.2 Å². The van der Waals surface area contributed by atoms with E-state index < -0.39 is 23.2 Å². The van der Waals surface area contributed by atoms with Gasteiger partial charge in [0.25, 0.3) is 0 Å². The molecule has 1 unspecified atom stereocenters. The van der Waals surface area contributed by atoms with E-state index >= 15 is 0 Å². The van der Waals surface area contributed by atoms with Crippen LogP contribution in [0.4, 0.5) is 18.9 Å². The van der Waals surface area contributed by atoms with Crippen molar-refractivity contribution in [3.63, 3.8) is 0 Å². The number of aromatic amines is 1. The first-order chi connectivity index (χ1) is 12.9. The summed E-state index contributed by atoms with van der Waals surface area (Å²) >= 11 is 0. The fraction of sp³-hybridized carbons (Fsp3) is 0.286. The topological polar surface area (TPSA) is 36.1 Å². The number of nitrogens with zero attached hydrogens (tertiary/aromatic N) is 1. The average Bonchev–Trinajstić information content (AvgIpc) is 2.64. The van der Waals surface area contributed by atoms with Crippen molar-refractivity contribution in [3.05, 3.63) is 63.8 Å². The van der Waals surface area contributed by atoms with Crippen molar-refractivity contribution in [2.75, 3.05) is 18.0 Å². The first-order valence-corrected chi connectivity index (χ1v) is 8.95. The van der Waals surface area contributed by atoms with Crippen LogP contribution in [0.1, 0.15) is 18.4 Å². The number of piperidine rings is 1. The molecule has 2 aromatic carbocycles. The second kappa shape index (κ2) is 6.76. The molecule has 1 aliphatic rings. The molecule has 27 heavy (non-hydrogen) atoms. The van der Waals surface area contributed by atoms with Gasteiger partial charge in [-0.2, -0.15) is 0 Å². The number of halogens is 3. The smallest absolute Gasteiger partial charge is 0.195 e. The summed E-state index contributed by atoms with van der Waals surface area (Å²) in [6.45, 7) is 2.80. The van der Waals surface area contributed by atoms with Gasteiger partial charge in [-0.3, -0.25) is 4.79 Å². The monoisotopic (exact) mass is 372 g/mol. The van der Waals surface area contributed by atoms with Crippen LogP contribution >= 0.6 is 0 Å². The first kappa shape index (κ1) is 17.6. The maximum atomic E-state index is 14.0. The van der Waals surface area contributed by atoms with Crippen molar-refractivity contribution in [1.29, 1.82) is 0 Å². The summed E-state index contributed by atoms with van der Waals surface area (Å²) in [6.07, 6.45) is 0.596. The molecule has 4 rings (SSSR count). The van der Waals surface area contributed by atoms with E-state index in [-0.39, 0.29) is 10.9 Å². The molecule has 0 saturated carbocycles. The maximum absolute atomic E-state index is 14.0. The third-order valence-corrected chi connectivity index (χ3v) is 5.14. The molecule has 0 amide bonds. The van der Waals surface area contributed by atoms with Gasteiger partial charge in [0.05, 0.1) is 16.6 Å². The summed E-state index contributed by atoms with van der Waals surface area (Å²) in [7, 11) is 0. The Morgan fingerprint density at radius 3 is 2.59 bits per heavy atom. The first-order valence-electron chi connectivity index (χ1n) is 8.95. The van der Waals surface area contributed by atoms with Crippen LogP contribution < -0.4 is 10.3 Å². The molecule has 0 spiro atoms. The van der Waals surface area contributed by atoms with Gasteiger partial charge in [-0.15, -0.1) is 0 Å². The van der Waals surface area contributed by atoms with E-state index in [1.165, 1.54) is 0 Å². The molecule has 2 heterocycles. The highest BCUT2D eigenvalue weighted by molar-refractivity contribution is 5.84. The van der Waals surface area contributed by atoms with Gasteiger partial charge >= 0.3 is 0 Å². The third kappa shape index (κ3) is 3.20. The van der Waals surface area contributed by atoms with Crippen molar-refractivity contribution in [2.45, 2.75) is 25.9 Å². The highest BCUT2D eigenvalue weighted by Crippen LogP contribution is 2.27. The van der Waals surface area contributed by atoms with Crippen LogP contribution in [0.15, 0.2) is 41.2 Å². The summed E-state index contributed by atoms with van der Waals surface area (Å²) in [4.78, 5) is 17.6. The molecule has 6 heteroatoms. The van der Waals surface area contributed by atoms with Crippen molar-refractivity contribution >= 4 is 16.6 Å². The molecule has 1 aromatic heterocycles. The van der Waals surface area contributed by atoms with Gasteiger partial charge in [0.15, 0.2) is 5.43 Å². The van der Waals surface area contributed by atoms with Crippen molar-refractivity contribution in [3.8, 4) is 11.3 Å². The normalized spacial score (nSPS) is 17.5. The lowest BCUT2D eigenvalue weighted by molar-refractivity contribution is 0.287. The zero-order valence-corrected chi connectivity index (χ0v) is 14.9. The van der Waals surface area contributed by atoms with E-state index in [0.717, 1.165) is 30.3 Å². The molecule has 140 valence electrons. The summed E-state index contributed by atoms with van der Waals surface area (Å²) in [5, 5.41) is -0.142. The molecule has 1 N–H and O–H groups in total. The van der Waals surface area contributed by atoms with Gasteiger partial charge in [0.1, 0.15) is 17.8 Å². The van der Waals surface area contributed by atoms with Gasteiger partial charge < -0.3 is 9.88 Å². The largest absolute Gasteiger partial charge is 0.369 e. The molecular weight excluding hydrogens is 353 g/mol. The summed E-state index contributed by atoms with van der Waals surface area (Å²) in [5.41, 5.74) is 2.19. The summed E-state index contributed by atoms with van der Waals surface area (Å²) < 4.78 is 41.2. The van der Waals surface area contributed by atoms with E-state index in [1.54, 1.807) is 6.92 Å². The fourth-order valence-corrected chi connectivity index (χ4v) is 3.72. The molecule has 1 atom stereocenters. The number of H-pyrrole nitrogens is 1. The zero-order chi connectivity index (χ0) is 19.1. The number of benzene rings is 2. The lowest BCUT2D eigenvalue weighted by Crippen LogP contribution is -2.36. The maximum Gasteiger partial charge on any atom is 0.195 e. The number of nitrogens with one attached hydrogen (secondary N) is 1. The zero-order valence-electron chi connectivity index (χ0n) is 14.9. The third-order valence-electron chi connectivity index (χ3n) is 5.14. The van der Waals surface area contributed by atoms with Gasteiger partial charge in [0.2, 0.25) is 0 Å². The highest BCUT2D eigenvalue weighted by Gasteiger charge is 2.20. The molecule has 1 aliphatic heterocycles. The SMILES string of the molecule is Cc1c(-c2ccc(N3CCCC(F)C3)cc2)[nH]c2cc(F)cc(F)c2c1=O. The number of anilines is 1. The van der Waals surface area contributed by atoms with Crippen LogP contribution in [-0.2, 0) is 0 Å². The highest BCUT2D eigenvalue weighted by atomic mass is 19.1. The van der Waals surface area contributed by atoms with Gasteiger partial charge in [0, 0.05) is 30.4 Å². The minimum Gasteiger partial charge on any atom is -0.369 e. The second-order valence-electron chi connectivity index (χ2n) is 7.00. The molecule has 0 aliphatic carbocycles. The Kier molecular flexibility index (Phi) is 4.42. The quantitative estimate of drug-likeness (QED) is 0.707. The van der Waals surface area contributed by atoms with E-state index in [4.69, 9.17) is 0 Å². The molecule has 3 nitrogen and oxygen atoms in total. The number of hydrogen-bond acceptors (Lipinski definition) is 2. The number of pyridine rings is 1. The van der Waals surface area contributed by atoms with E-state index in [1.807, 2.05) is 29.2 Å². The molecule has 1 saturated heterocycles. The Bertz CT molecular complexity index is 1060. The Balaban J connectivity index is 1.76. The van der Waals surface area contributed by atoms with Crippen LogP contribution in [0.5, 0.6) is 0 Å². The van der Waals surface area contributed by atoms with Crippen LogP contribution in [0.2, 0.25) is 0 Å². The van der Waals surface area contributed by atoms with Crippen molar-refractivity contribution in [1.82, 2.24) is 4.98 Å².